The minimum absolute atomic E-state index is 0.0349. The third kappa shape index (κ3) is 6.57. The van der Waals surface area contributed by atoms with Gasteiger partial charge in [0.2, 0.25) is 0 Å². The van der Waals surface area contributed by atoms with Crippen molar-refractivity contribution in [2.75, 3.05) is 13.7 Å². The van der Waals surface area contributed by atoms with Crippen LogP contribution in [0.15, 0.2) is 0 Å². The quantitative estimate of drug-likeness (QED) is 0.738. The number of hydrogen-bond donors (Lipinski definition) is 2. The Kier molecular flexibility index (Phi) is 7.14. The molecule has 0 aliphatic heterocycles. The molecule has 0 radical (unpaired) electrons. The molecule has 0 aromatic heterocycles. The topological polar surface area (TPSA) is 93.7 Å². The van der Waals surface area contributed by atoms with Crippen LogP contribution in [0.25, 0.3) is 0 Å². The highest BCUT2D eigenvalue weighted by atomic mass is 16.5. The van der Waals surface area contributed by atoms with Crippen LogP contribution in [0.5, 0.6) is 0 Å². The van der Waals surface area contributed by atoms with Crippen LogP contribution in [0.4, 0.5) is 4.79 Å². The molecule has 1 rings (SSSR count). The van der Waals surface area contributed by atoms with E-state index in [2.05, 4.69) is 10.6 Å². The van der Waals surface area contributed by atoms with Gasteiger partial charge in [-0.2, -0.15) is 0 Å². The highest BCUT2D eigenvalue weighted by Crippen LogP contribution is 2.26. The van der Waals surface area contributed by atoms with Gasteiger partial charge in [-0.25, -0.2) is 4.79 Å². The van der Waals surface area contributed by atoms with E-state index < -0.39 is 11.9 Å². The van der Waals surface area contributed by atoms with Crippen LogP contribution >= 0.6 is 0 Å². The van der Waals surface area contributed by atoms with Crippen LogP contribution in [-0.4, -0.2) is 43.8 Å². The predicted molar refractivity (Wildman–Crippen MR) is 75.5 cm³/mol. The van der Waals surface area contributed by atoms with Gasteiger partial charge in [0.1, 0.15) is 6.61 Å². The van der Waals surface area contributed by atoms with Crippen LogP contribution in [0, 0.1) is 5.92 Å². The van der Waals surface area contributed by atoms with Gasteiger partial charge in [0.15, 0.2) is 0 Å². The molecule has 120 valence electrons. The summed E-state index contributed by atoms with van der Waals surface area (Å²) in [6.07, 6.45) is 2.78. The van der Waals surface area contributed by atoms with Gasteiger partial charge in [-0.1, -0.05) is 0 Å². The zero-order valence-corrected chi connectivity index (χ0v) is 12.8. The Hall–Kier alpha value is -1.63. The molecular weight excluding hydrogens is 276 g/mol. The second-order valence-corrected chi connectivity index (χ2v) is 5.48. The first-order valence-corrected chi connectivity index (χ1v) is 7.22. The number of carbonyl (C=O) groups excluding carboxylic acids is 3. The van der Waals surface area contributed by atoms with Crippen molar-refractivity contribution in [1.29, 1.82) is 0 Å². The Morgan fingerprint density at radius 1 is 1.14 bits per heavy atom. The van der Waals surface area contributed by atoms with Crippen LogP contribution in [0.2, 0.25) is 0 Å². The summed E-state index contributed by atoms with van der Waals surface area (Å²) in [5.74, 6) is -0.722. The summed E-state index contributed by atoms with van der Waals surface area (Å²) in [7, 11) is 1.39. The van der Waals surface area contributed by atoms with E-state index >= 15 is 0 Å². The van der Waals surface area contributed by atoms with Gasteiger partial charge >= 0.3 is 12.0 Å². The third-order valence-electron chi connectivity index (χ3n) is 3.33. The maximum atomic E-state index is 11.5. The lowest BCUT2D eigenvalue weighted by molar-refractivity contribution is -0.148. The van der Waals surface area contributed by atoms with Crippen molar-refractivity contribution in [1.82, 2.24) is 10.6 Å². The molecule has 0 aromatic carbocycles. The van der Waals surface area contributed by atoms with Gasteiger partial charge in [-0.05, 0) is 39.5 Å². The summed E-state index contributed by atoms with van der Waals surface area (Å²) in [5, 5.41) is 4.76. The zero-order valence-electron chi connectivity index (χ0n) is 12.8. The lowest BCUT2D eigenvalue weighted by atomic mass is 9.87. The largest absolute Gasteiger partial charge is 0.469 e. The SMILES string of the molecule is COC(=O)C1CCC(OCC(=O)NC(=O)NC(C)C)CC1. The fourth-order valence-electron chi connectivity index (χ4n) is 2.29. The Labute approximate surface area is 124 Å². The van der Waals surface area contributed by atoms with Crippen molar-refractivity contribution in [3.8, 4) is 0 Å². The van der Waals surface area contributed by atoms with Crippen molar-refractivity contribution in [3.63, 3.8) is 0 Å². The number of amides is 3. The van der Waals surface area contributed by atoms with E-state index in [0.29, 0.717) is 25.7 Å². The van der Waals surface area contributed by atoms with Crippen LogP contribution < -0.4 is 10.6 Å². The maximum Gasteiger partial charge on any atom is 0.321 e. The molecule has 2 N–H and O–H groups in total. The Morgan fingerprint density at radius 2 is 1.76 bits per heavy atom. The summed E-state index contributed by atoms with van der Waals surface area (Å²) in [6, 6.07) is -0.555. The lowest BCUT2D eigenvalue weighted by Crippen LogP contribution is -2.44. The summed E-state index contributed by atoms with van der Waals surface area (Å²) in [6.45, 7) is 3.46. The van der Waals surface area contributed by atoms with Gasteiger partial charge in [0.25, 0.3) is 5.91 Å². The average molecular weight is 300 g/mol. The van der Waals surface area contributed by atoms with Gasteiger partial charge in [0.05, 0.1) is 19.1 Å². The number of nitrogens with one attached hydrogen (secondary N) is 2. The number of rotatable bonds is 5. The van der Waals surface area contributed by atoms with E-state index in [9.17, 15) is 14.4 Å². The molecule has 7 nitrogen and oxygen atoms in total. The normalized spacial score (nSPS) is 21.7. The number of ether oxygens (including phenoxy) is 2. The standard InChI is InChI=1S/C14H24N2O5/c1-9(2)15-14(19)16-12(17)8-21-11-6-4-10(5-7-11)13(18)20-3/h9-11H,4-8H2,1-3H3,(H2,15,16,17,19). The Morgan fingerprint density at radius 3 is 2.29 bits per heavy atom. The minimum Gasteiger partial charge on any atom is -0.469 e. The average Bonchev–Trinajstić information content (AvgIpc) is 2.43. The van der Waals surface area contributed by atoms with Crippen LogP contribution in [0.3, 0.4) is 0 Å². The maximum absolute atomic E-state index is 11.5. The minimum atomic E-state index is -0.520. The highest BCUT2D eigenvalue weighted by molar-refractivity contribution is 5.94. The van der Waals surface area contributed by atoms with E-state index in [1.54, 1.807) is 13.8 Å². The number of methoxy groups -OCH3 is 1. The van der Waals surface area contributed by atoms with Crippen LogP contribution in [-0.2, 0) is 19.1 Å². The molecule has 0 aromatic rings. The molecule has 1 saturated carbocycles. The fraction of sp³-hybridized carbons (Fsp3) is 0.786. The molecule has 0 atom stereocenters. The van der Waals surface area contributed by atoms with E-state index in [0.717, 1.165) is 0 Å². The summed E-state index contributed by atoms with van der Waals surface area (Å²) in [4.78, 5) is 34.2. The fourth-order valence-corrected chi connectivity index (χ4v) is 2.29. The second kappa shape index (κ2) is 8.61. The molecule has 0 saturated heterocycles. The van der Waals surface area contributed by atoms with Gasteiger partial charge in [-0.15, -0.1) is 0 Å². The van der Waals surface area contributed by atoms with Crippen molar-refractivity contribution < 1.29 is 23.9 Å². The third-order valence-corrected chi connectivity index (χ3v) is 3.33. The predicted octanol–water partition coefficient (Wildman–Crippen LogP) is 0.969. The van der Waals surface area contributed by atoms with Gasteiger partial charge < -0.3 is 14.8 Å². The first-order valence-electron chi connectivity index (χ1n) is 7.22. The monoisotopic (exact) mass is 300 g/mol. The second-order valence-electron chi connectivity index (χ2n) is 5.48. The smallest absolute Gasteiger partial charge is 0.321 e. The van der Waals surface area contributed by atoms with E-state index in [4.69, 9.17) is 9.47 Å². The summed E-state index contributed by atoms with van der Waals surface area (Å²) >= 11 is 0. The molecule has 7 heteroatoms. The number of urea groups is 1. The molecule has 1 aliphatic carbocycles. The molecule has 1 fully saturated rings. The zero-order chi connectivity index (χ0) is 15.8. The van der Waals surface area contributed by atoms with E-state index in [1.165, 1.54) is 7.11 Å². The number of esters is 1. The summed E-state index contributed by atoms with van der Waals surface area (Å²) in [5.41, 5.74) is 0. The van der Waals surface area contributed by atoms with E-state index in [-0.39, 0.29) is 30.6 Å². The van der Waals surface area contributed by atoms with Crippen molar-refractivity contribution in [3.05, 3.63) is 0 Å². The van der Waals surface area contributed by atoms with Gasteiger partial charge in [-0.3, -0.25) is 14.9 Å². The number of carbonyl (C=O) groups is 3. The first-order chi connectivity index (χ1) is 9.92. The first kappa shape index (κ1) is 17.4. The molecule has 0 unspecified atom stereocenters. The molecular formula is C14H24N2O5. The number of hydrogen-bond acceptors (Lipinski definition) is 5. The Balaban J connectivity index is 2.20. The molecule has 3 amide bonds. The molecule has 0 spiro atoms. The molecule has 21 heavy (non-hydrogen) atoms. The molecule has 0 heterocycles. The number of imide groups is 1. The van der Waals surface area contributed by atoms with Crippen molar-refractivity contribution in [2.24, 2.45) is 5.92 Å². The highest BCUT2D eigenvalue weighted by Gasteiger charge is 2.27. The van der Waals surface area contributed by atoms with Crippen molar-refractivity contribution >= 4 is 17.9 Å². The molecule has 0 bridgehead atoms. The summed E-state index contributed by atoms with van der Waals surface area (Å²) < 4.78 is 10.2. The molecule has 1 aliphatic rings. The van der Waals surface area contributed by atoms with Crippen LogP contribution in [0.1, 0.15) is 39.5 Å². The lowest BCUT2D eigenvalue weighted by Gasteiger charge is -2.26. The van der Waals surface area contributed by atoms with E-state index in [1.807, 2.05) is 0 Å². The van der Waals surface area contributed by atoms with Gasteiger partial charge in [0, 0.05) is 6.04 Å². The van der Waals surface area contributed by atoms with Crippen molar-refractivity contribution in [2.45, 2.75) is 51.7 Å². The Bertz CT molecular complexity index is 376.